The molecule has 196 valence electrons. The molecule has 0 aliphatic heterocycles. The van der Waals surface area contributed by atoms with E-state index < -0.39 is 20.9 Å². The smallest absolute Gasteiger partial charge is 0.184 e. The molecule has 0 unspecified atom stereocenters. The molecule has 0 bridgehead atoms. The fraction of sp³-hybridized carbons (Fsp3) is 0.194. The number of alkyl halides is 4. The third kappa shape index (κ3) is 5.94. The van der Waals surface area contributed by atoms with Gasteiger partial charge in [-0.3, -0.25) is 4.79 Å². The average Bonchev–Trinajstić information content (AvgIpc) is 2.96. The van der Waals surface area contributed by atoms with E-state index in [4.69, 9.17) is 55.9 Å². The highest BCUT2D eigenvalue weighted by atomic mass is 35.5. The summed E-state index contributed by atoms with van der Waals surface area (Å²) in [4.78, 5) is 11.3. The summed E-state index contributed by atoms with van der Waals surface area (Å²) in [6.07, 6.45) is 0. The zero-order valence-electron chi connectivity index (χ0n) is 20.4. The first-order chi connectivity index (χ1) is 18.4. The monoisotopic (exact) mass is 586 g/mol. The molecule has 0 radical (unpaired) electrons. The SMILES string of the molecule is O=C(COC(c1ccccc1)(c1ccccc1)C(Cl)Cl)COC(c1ccccc1)(c1ccccc1)C(Cl)Cl. The number of halogens is 4. The van der Waals surface area contributed by atoms with Gasteiger partial charge in [0, 0.05) is 0 Å². The van der Waals surface area contributed by atoms with E-state index in [2.05, 4.69) is 0 Å². The molecule has 7 heteroatoms. The third-order valence-electron chi connectivity index (χ3n) is 6.35. The van der Waals surface area contributed by atoms with Crippen molar-refractivity contribution in [1.29, 1.82) is 0 Å². The number of ketones is 1. The highest BCUT2D eigenvalue weighted by Crippen LogP contribution is 2.43. The van der Waals surface area contributed by atoms with Gasteiger partial charge in [0.2, 0.25) is 0 Å². The van der Waals surface area contributed by atoms with Crippen molar-refractivity contribution in [2.45, 2.75) is 20.9 Å². The van der Waals surface area contributed by atoms with Gasteiger partial charge < -0.3 is 9.47 Å². The van der Waals surface area contributed by atoms with Crippen molar-refractivity contribution in [3.8, 4) is 0 Å². The van der Waals surface area contributed by atoms with Crippen LogP contribution in [0.5, 0.6) is 0 Å². The normalized spacial score (nSPS) is 12.2. The molecule has 0 fully saturated rings. The van der Waals surface area contributed by atoms with Crippen LogP contribution in [0.25, 0.3) is 0 Å². The summed E-state index contributed by atoms with van der Waals surface area (Å²) in [6.45, 7) is -0.622. The summed E-state index contributed by atoms with van der Waals surface area (Å²) in [5, 5.41) is 0. The van der Waals surface area contributed by atoms with Crippen LogP contribution in [0.15, 0.2) is 121 Å². The van der Waals surface area contributed by atoms with Crippen molar-refractivity contribution in [2.24, 2.45) is 0 Å². The lowest BCUT2D eigenvalue weighted by Crippen LogP contribution is -2.42. The molecule has 4 aromatic carbocycles. The van der Waals surface area contributed by atoms with E-state index in [0.29, 0.717) is 0 Å². The van der Waals surface area contributed by atoms with Gasteiger partial charge in [-0.1, -0.05) is 121 Å². The zero-order chi connectivity index (χ0) is 27.0. The largest absolute Gasteiger partial charge is 0.355 e. The van der Waals surface area contributed by atoms with Gasteiger partial charge in [-0.15, -0.1) is 46.4 Å². The second-order valence-corrected chi connectivity index (χ2v) is 10.8. The third-order valence-corrected chi connectivity index (χ3v) is 7.58. The maximum absolute atomic E-state index is 13.3. The first kappa shape index (κ1) is 28.6. The maximum atomic E-state index is 13.3. The van der Waals surface area contributed by atoms with E-state index >= 15 is 0 Å². The molecule has 4 rings (SSSR count). The zero-order valence-corrected chi connectivity index (χ0v) is 23.4. The van der Waals surface area contributed by atoms with E-state index in [1.807, 2.05) is 121 Å². The molecule has 0 heterocycles. The van der Waals surface area contributed by atoms with E-state index in [1.165, 1.54) is 0 Å². The second-order valence-electron chi connectivity index (χ2n) is 8.65. The topological polar surface area (TPSA) is 35.5 Å². The minimum atomic E-state index is -1.28. The summed E-state index contributed by atoms with van der Waals surface area (Å²) >= 11 is 26.3. The number of carbonyl (C=O) groups is 1. The summed E-state index contributed by atoms with van der Waals surface area (Å²) in [5.74, 6) is -0.333. The minimum absolute atomic E-state index is 0.311. The van der Waals surface area contributed by atoms with Crippen LogP contribution in [0.1, 0.15) is 22.3 Å². The molecule has 0 aliphatic rings. The number of benzene rings is 4. The van der Waals surface area contributed by atoms with E-state index in [9.17, 15) is 4.79 Å². The molecule has 0 saturated carbocycles. The molecule has 4 aromatic rings. The van der Waals surface area contributed by atoms with Gasteiger partial charge in [-0.2, -0.15) is 0 Å². The summed E-state index contributed by atoms with van der Waals surface area (Å²) in [6, 6.07) is 37.4. The van der Waals surface area contributed by atoms with Crippen LogP contribution in [0, 0.1) is 0 Å². The van der Waals surface area contributed by atoms with Crippen molar-refractivity contribution in [3.05, 3.63) is 144 Å². The van der Waals surface area contributed by atoms with Crippen LogP contribution in [0.3, 0.4) is 0 Å². The Morgan fingerprint density at radius 3 is 0.947 bits per heavy atom. The molecule has 0 aliphatic carbocycles. The molecule has 38 heavy (non-hydrogen) atoms. The van der Waals surface area contributed by atoms with Gasteiger partial charge >= 0.3 is 0 Å². The van der Waals surface area contributed by atoms with Gasteiger partial charge in [0.15, 0.2) is 5.78 Å². The van der Waals surface area contributed by atoms with Gasteiger partial charge in [0.25, 0.3) is 0 Å². The fourth-order valence-electron chi connectivity index (χ4n) is 4.47. The first-order valence-electron chi connectivity index (χ1n) is 12.0. The summed E-state index contributed by atoms with van der Waals surface area (Å²) in [7, 11) is 0. The van der Waals surface area contributed by atoms with Gasteiger partial charge in [0.05, 0.1) is 0 Å². The predicted octanol–water partition coefficient (Wildman–Crippen LogP) is 8.08. The van der Waals surface area contributed by atoms with Gasteiger partial charge in [-0.05, 0) is 22.3 Å². The van der Waals surface area contributed by atoms with Crippen molar-refractivity contribution in [2.75, 3.05) is 13.2 Å². The van der Waals surface area contributed by atoms with Crippen LogP contribution in [0.2, 0.25) is 0 Å². The molecule has 0 amide bonds. The van der Waals surface area contributed by atoms with E-state index in [-0.39, 0.29) is 19.0 Å². The summed E-state index contributed by atoms with van der Waals surface area (Å²) in [5.41, 5.74) is 0.329. The quantitative estimate of drug-likeness (QED) is 0.157. The van der Waals surface area contributed by atoms with Gasteiger partial charge in [0.1, 0.15) is 34.1 Å². The average molecular weight is 588 g/mol. The lowest BCUT2D eigenvalue weighted by Gasteiger charge is -2.37. The van der Waals surface area contributed by atoms with E-state index in [0.717, 1.165) is 22.3 Å². The molecule has 3 nitrogen and oxygen atoms in total. The molecular formula is C31H26Cl4O3. The van der Waals surface area contributed by atoms with Crippen LogP contribution in [-0.2, 0) is 25.5 Å². The minimum Gasteiger partial charge on any atom is -0.355 e. The Morgan fingerprint density at radius 2 is 0.737 bits per heavy atom. The van der Waals surface area contributed by atoms with Crippen molar-refractivity contribution in [3.63, 3.8) is 0 Å². The molecule has 0 N–H and O–H groups in total. The van der Waals surface area contributed by atoms with Crippen molar-refractivity contribution >= 4 is 52.2 Å². The number of hydrogen-bond acceptors (Lipinski definition) is 3. The molecule has 0 saturated heterocycles. The number of ether oxygens (including phenoxy) is 2. The predicted molar refractivity (Wildman–Crippen MR) is 155 cm³/mol. The Bertz CT molecular complexity index is 1100. The molecular weight excluding hydrogens is 562 g/mol. The standard InChI is InChI=1S/C31H26Cl4O3/c32-28(33)30(23-13-5-1-6-14-23,24-15-7-2-8-16-24)37-21-27(36)22-38-31(29(34)35,25-17-9-3-10-18-25)26-19-11-4-12-20-26/h1-20,28-29H,21-22H2. The Labute approximate surface area is 243 Å². The Hall–Kier alpha value is -2.37. The van der Waals surface area contributed by atoms with Crippen molar-refractivity contribution in [1.82, 2.24) is 0 Å². The van der Waals surface area contributed by atoms with Crippen LogP contribution < -0.4 is 0 Å². The van der Waals surface area contributed by atoms with Gasteiger partial charge in [-0.25, -0.2) is 0 Å². The van der Waals surface area contributed by atoms with Crippen LogP contribution in [0.4, 0.5) is 0 Å². The van der Waals surface area contributed by atoms with Crippen LogP contribution in [-0.4, -0.2) is 28.7 Å². The number of hydrogen-bond donors (Lipinski definition) is 0. The fourth-order valence-corrected chi connectivity index (χ4v) is 5.73. The summed E-state index contributed by atoms with van der Waals surface area (Å²) < 4.78 is 12.6. The second kappa shape index (κ2) is 13.1. The molecule has 0 atom stereocenters. The van der Waals surface area contributed by atoms with Crippen LogP contribution >= 0.6 is 46.4 Å². The Morgan fingerprint density at radius 1 is 0.500 bits per heavy atom. The molecule has 0 spiro atoms. The highest BCUT2D eigenvalue weighted by molar-refractivity contribution is 6.45. The molecule has 0 aromatic heterocycles. The number of rotatable bonds is 12. The van der Waals surface area contributed by atoms with Crippen molar-refractivity contribution < 1.29 is 14.3 Å². The van der Waals surface area contributed by atoms with E-state index in [1.54, 1.807) is 0 Å². The highest BCUT2D eigenvalue weighted by Gasteiger charge is 2.44. The first-order valence-corrected chi connectivity index (χ1v) is 13.7. The lowest BCUT2D eigenvalue weighted by atomic mass is 9.87. The Kier molecular flexibility index (Phi) is 9.89. The maximum Gasteiger partial charge on any atom is 0.184 e. The lowest BCUT2D eigenvalue weighted by molar-refractivity contribution is -0.138. The Balaban J connectivity index is 1.62. The number of Topliss-reactive ketones (excluding diaryl/α,β-unsaturated/α-hetero) is 1. The number of carbonyl (C=O) groups excluding carboxylic acids is 1.